The largest absolute Gasteiger partial charge is 0.458 e. The Labute approximate surface area is 256 Å². The number of nitrogens with zero attached hydrogens (tertiary/aromatic N) is 2. The highest BCUT2D eigenvalue weighted by Crippen LogP contribution is 2.40. The highest BCUT2D eigenvalue weighted by atomic mass is 16.5. The molecule has 44 heavy (non-hydrogen) atoms. The van der Waals surface area contributed by atoms with Crippen molar-refractivity contribution in [1.82, 2.24) is 4.57 Å². The summed E-state index contributed by atoms with van der Waals surface area (Å²) in [6, 6.07) is 41.3. The Morgan fingerprint density at radius 2 is 1.41 bits per heavy atom. The van der Waals surface area contributed by atoms with Gasteiger partial charge in [-0.15, -0.1) is 0 Å². The van der Waals surface area contributed by atoms with Crippen molar-refractivity contribution in [3.8, 4) is 45.5 Å². The summed E-state index contributed by atoms with van der Waals surface area (Å²) in [6.07, 6.45) is 0. The van der Waals surface area contributed by atoms with E-state index in [1.54, 1.807) is 0 Å². The van der Waals surface area contributed by atoms with Gasteiger partial charge in [0, 0.05) is 22.0 Å². The van der Waals surface area contributed by atoms with Gasteiger partial charge in [0.15, 0.2) is 0 Å². The Bertz CT molecular complexity index is 2390. The molecule has 2 aliphatic heterocycles. The van der Waals surface area contributed by atoms with Gasteiger partial charge in [-0.05, 0) is 107 Å². The van der Waals surface area contributed by atoms with Crippen LogP contribution in [0.25, 0.3) is 49.7 Å². The zero-order valence-electron chi connectivity index (χ0n) is 24.8. The third kappa shape index (κ3) is 3.38. The van der Waals surface area contributed by atoms with E-state index in [1.807, 2.05) is 24.3 Å². The molecular weight excluding hydrogens is 535 g/mol. The standard InChI is InChI=1S/C40H27BN2O/c1-23-17-24(2)38(25(3)18-23)28-15-16-36-33(19-28)41-32-9-6-8-31-30-7-4-5-10-34(30)43(40(31)32)35-20-29(21-37(44-36)39(35)41)27-13-11-26(22-42)12-14-27/h4-21H,1-3H3. The van der Waals surface area contributed by atoms with Gasteiger partial charge >= 0.3 is 0 Å². The minimum atomic E-state index is 0.0327. The SMILES string of the molecule is Cc1cc(C)c(-c2ccc3c(c2)B2c4c(cc(-c5ccc(C#N)cc5)cc4-n4c5ccccc5c5cccc2c54)O3)c(C)c1. The number of rotatable bonds is 2. The molecule has 206 valence electrons. The molecule has 0 spiro atoms. The topological polar surface area (TPSA) is 38.0 Å². The van der Waals surface area contributed by atoms with Gasteiger partial charge in [-0.1, -0.05) is 78.4 Å². The first-order valence-electron chi connectivity index (χ1n) is 15.1. The van der Waals surface area contributed by atoms with Gasteiger partial charge in [-0.25, -0.2) is 0 Å². The maximum Gasteiger partial charge on any atom is 0.256 e. The van der Waals surface area contributed by atoms with Crippen LogP contribution in [0.4, 0.5) is 0 Å². The summed E-state index contributed by atoms with van der Waals surface area (Å²) >= 11 is 0. The quantitative estimate of drug-likeness (QED) is 0.201. The van der Waals surface area contributed by atoms with Crippen LogP contribution in [0.2, 0.25) is 0 Å². The number of hydrogen-bond donors (Lipinski definition) is 0. The van der Waals surface area contributed by atoms with Crippen molar-refractivity contribution in [2.24, 2.45) is 0 Å². The molecule has 0 radical (unpaired) electrons. The number of benzene rings is 6. The first-order valence-corrected chi connectivity index (χ1v) is 15.1. The third-order valence-electron chi connectivity index (χ3n) is 9.54. The van der Waals surface area contributed by atoms with Crippen LogP contribution in [0.5, 0.6) is 11.5 Å². The lowest BCUT2D eigenvalue weighted by molar-refractivity contribution is 0.487. The Morgan fingerprint density at radius 1 is 0.659 bits per heavy atom. The summed E-state index contributed by atoms with van der Waals surface area (Å²) in [7, 11) is 0. The highest BCUT2D eigenvalue weighted by molar-refractivity contribution is 6.99. The maximum atomic E-state index is 9.39. The van der Waals surface area contributed by atoms with E-state index in [1.165, 1.54) is 66.0 Å². The van der Waals surface area contributed by atoms with Crippen LogP contribution in [0.1, 0.15) is 22.3 Å². The molecule has 0 bridgehead atoms. The molecule has 9 rings (SSSR count). The Morgan fingerprint density at radius 3 is 2.20 bits per heavy atom. The van der Waals surface area contributed by atoms with E-state index in [-0.39, 0.29) is 6.71 Å². The van der Waals surface area contributed by atoms with Crippen LogP contribution in [0, 0.1) is 32.1 Å². The Balaban J connectivity index is 1.36. The normalized spacial score (nSPS) is 12.5. The van der Waals surface area contributed by atoms with E-state index in [4.69, 9.17) is 4.74 Å². The lowest BCUT2D eigenvalue weighted by Gasteiger charge is -2.34. The summed E-state index contributed by atoms with van der Waals surface area (Å²) < 4.78 is 9.28. The molecule has 0 atom stereocenters. The van der Waals surface area contributed by atoms with Crippen molar-refractivity contribution in [3.05, 3.63) is 131 Å². The molecule has 0 aliphatic carbocycles. The second kappa shape index (κ2) is 8.99. The van der Waals surface area contributed by atoms with Gasteiger partial charge in [0.1, 0.15) is 11.5 Å². The van der Waals surface area contributed by atoms with Gasteiger partial charge in [-0.2, -0.15) is 5.26 Å². The van der Waals surface area contributed by atoms with Crippen molar-refractivity contribution in [2.45, 2.75) is 20.8 Å². The van der Waals surface area contributed by atoms with Crippen LogP contribution in [-0.4, -0.2) is 11.3 Å². The minimum absolute atomic E-state index is 0.0327. The van der Waals surface area contributed by atoms with Crippen molar-refractivity contribution in [2.75, 3.05) is 0 Å². The van der Waals surface area contributed by atoms with Crippen molar-refractivity contribution < 1.29 is 4.74 Å². The van der Waals surface area contributed by atoms with Gasteiger partial charge in [-0.3, -0.25) is 0 Å². The number of fused-ring (bicyclic) bond motifs is 7. The lowest BCUT2D eigenvalue weighted by Crippen LogP contribution is -2.58. The van der Waals surface area contributed by atoms with Crippen molar-refractivity contribution >= 4 is 44.9 Å². The zero-order chi connectivity index (χ0) is 29.7. The fourth-order valence-corrected chi connectivity index (χ4v) is 7.86. The maximum absolute atomic E-state index is 9.39. The average molecular weight is 562 g/mol. The number of ether oxygens (including phenoxy) is 1. The van der Waals surface area contributed by atoms with Crippen LogP contribution in [0.3, 0.4) is 0 Å². The molecule has 0 saturated carbocycles. The zero-order valence-corrected chi connectivity index (χ0v) is 24.8. The number of aromatic nitrogens is 1. The molecular formula is C40H27BN2O. The summed E-state index contributed by atoms with van der Waals surface area (Å²) in [6.45, 7) is 6.62. The van der Waals surface area contributed by atoms with E-state index < -0.39 is 0 Å². The second-order valence-electron chi connectivity index (χ2n) is 12.3. The number of nitriles is 1. The minimum Gasteiger partial charge on any atom is -0.458 e. The molecule has 1 aromatic heterocycles. The van der Waals surface area contributed by atoms with Crippen molar-refractivity contribution in [3.63, 3.8) is 0 Å². The number of para-hydroxylation sites is 2. The first kappa shape index (κ1) is 25.0. The van der Waals surface area contributed by atoms with Gasteiger partial charge < -0.3 is 9.30 Å². The predicted octanol–water partition coefficient (Wildman–Crippen LogP) is 7.85. The van der Waals surface area contributed by atoms with Gasteiger partial charge in [0.25, 0.3) is 6.71 Å². The van der Waals surface area contributed by atoms with Gasteiger partial charge in [0.2, 0.25) is 0 Å². The van der Waals surface area contributed by atoms with E-state index in [2.05, 4.69) is 116 Å². The van der Waals surface area contributed by atoms with Crippen LogP contribution >= 0.6 is 0 Å². The number of hydrogen-bond acceptors (Lipinski definition) is 2. The Kier molecular flexibility index (Phi) is 5.11. The highest BCUT2D eigenvalue weighted by Gasteiger charge is 2.40. The molecule has 3 nitrogen and oxygen atoms in total. The van der Waals surface area contributed by atoms with E-state index in [9.17, 15) is 5.26 Å². The first-order chi connectivity index (χ1) is 21.5. The van der Waals surface area contributed by atoms with Crippen molar-refractivity contribution in [1.29, 1.82) is 5.26 Å². The third-order valence-corrected chi connectivity index (χ3v) is 9.54. The molecule has 0 saturated heterocycles. The van der Waals surface area contributed by atoms with E-state index >= 15 is 0 Å². The lowest BCUT2D eigenvalue weighted by atomic mass is 9.34. The summed E-state index contributed by atoms with van der Waals surface area (Å²) in [5, 5.41) is 11.9. The van der Waals surface area contributed by atoms with Crippen LogP contribution < -0.4 is 21.1 Å². The molecule has 7 aromatic rings. The number of aryl methyl sites for hydroxylation is 3. The molecule has 0 fully saturated rings. The molecule has 0 unspecified atom stereocenters. The average Bonchev–Trinajstić information content (AvgIpc) is 3.38. The summed E-state index contributed by atoms with van der Waals surface area (Å²) in [4.78, 5) is 0. The smallest absolute Gasteiger partial charge is 0.256 e. The fraction of sp³-hybridized carbons (Fsp3) is 0.0750. The monoisotopic (exact) mass is 562 g/mol. The molecule has 6 aromatic carbocycles. The molecule has 0 N–H and O–H groups in total. The summed E-state index contributed by atoms with van der Waals surface area (Å²) in [5.41, 5.74) is 16.5. The van der Waals surface area contributed by atoms with E-state index in [0.29, 0.717) is 5.56 Å². The van der Waals surface area contributed by atoms with Gasteiger partial charge in [0.05, 0.1) is 17.1 Å². The molecule has 3 heterocycles. The molecule has 2 aliphatic rings. The summed E-state index contributed by atoms with van der Waals surface area (Å²) in [5.74, 6) is 1.79. The van der Waals surface area contributed by atoms with E-state index in [0.717, 1.165) is 28.3 Å². The van der Waals surface area contributed by atoms with Crippen LogP contribution in [-0.2, 0) is 0 Å². The Hall–Kier alpha value is -5.53. The second-order valence-corrected chi connectivity index (χ2v) is 12.3. The van der Waals surface area contributed by atoms with Crippen LogP contribution in [0.15, 0.2) is 109 Å². The molecule has 4 heteroatoms. The fourth-order valence-electron chi connectivity index (χ4n) is 7.86. The molecule has 0 amide bonds. The predicted molar refractivity (Wildman–Crippen MR) is 182 cm³/mol.